The van der Waals surface area contributed by atoms with Crippen molar-refractivity contribution in [3.05, 3.63) is 27.1 Å². The van der Waals surface area contributed by atoms with Crippen LogP contribution in [0.2, 0.25) is 0 Å². The summed E-state index contributed by atoms with van der Waals surface area (Å²) in [5.74, 6) is 0.304. The lowest BCUT2D eigenvalue weighted by Crippen LogP contribution is -2.14. The minimum absolute atomic E-state index is 0.0984. The van der Waals surface area contributed by atoms with Gasteiger partial charge in [-0.25, -0.2) is 0 Å². The highest BCUT2D eigenvalue weighted by atomic mass is 32.1. The average Bonchev–Trinajstić information content (AvgIpc) is 2.50. The van der Waals surface area contributed by atoms with Crippen LogP contribution in [0.5, 0.6) is 0 Å². The standard InChI is InChI=1S/C8H12N2O2S/c1-5(2)8(9)6-3-4-7(13-6)10(11)12/h3-5,8H,9H2,1-2H3. The van der Waals surface area contributed by atoms with Crippen molar-refractivity contribution in [2.45, 2.75) is 19.9 Å². The normalized spacial score (nSPS) is 13.2. The first-order chi connectivity index (χ1) is 6.02. The van der Waals surface area contributed by atoms with E-state index in [4.69, 9.17) is 5.73 Å². The Kier molecular flexibility index (Phi) is 3.00. The Bertz CT molecular complexity index is 309. The molecule has 2 N–H and O–H groups in total. The van der Waals surface area contributed by atoms with E-state index in [1.165, 1.54) is 6.07 Å². The zero-order valence-corrected chi connectivity index (χ0v) is 8.38. The summed E-state index contributed by atoms with van der Waals surface area (Å²) < 4.78 is 0. The van der Waals surface area contributed by atoms with Gasteiger partial charge in [0.15, 0.2) is 0 Å². The quantitative estimate of drug-likeness (QED) is 0.601. The Balaban J connectivity index is 2.85. The maximum absolute atomic E-state index is 10.4. The summed E-state index contributed by atoms with van der Waals surface area (Å²) in [4.78, 5) is 10.9. The largest absolute Gasteiger partial charge is 0.324 e. The molecular formula is C8H12N2O2S. The van der Waals surface area contributed by atoms with E-state index >= 15 is 0 Å². The van der Waals surface area contributed by atoms with Crippen molar-refractivity contribution in [1.82, 2.24) is 0 Å². The number of thiophene rings is 1. The summed E-state index contributed by atoms with van der Waals surface area (Å²) in [6.45, 7) is 3.99. The van der Waals surface area contributed by atoms with Crippen molar-refractivity contribution in [1.29, 1.82) is 0 Å². The van der Waals surface area contributed by atoms with Gasteiger partial charge in [-0.15, -0.1) is 0 Å². The minimum Gasteiger partial charge on any atom is -0.323 e. The van der Waals surface area contributed by atoms with E-state index in [1.807, 2.05) is 13.8 Å². The van der Waals surface area contributed by atoms with Crippen LogP contribution in [0.3, 0.4) is 0 Å². The van der Waals surface area contributed by atoms with E-state index in [9.17, 15) is 10.1 Å². The molecule has 5 heteroatoms. The van der Waals surface area contributed by atoms with Gasteiger partial charge in [-0.05, 0) is 12.0 Å². The third kappa shape index (κ3) is 2.26. The molecule has 0 amide bonds. The fraction of sp³-hybridized carbons (Fsp3) is 0.500. The van der Waals surface area contributed by atoms with Crippen LogP contribution in [0.15, 0.2) is 12.1 Å². The van der Waals surface area contributed by atoms with Gasteiger partial charge < -0.3 is 5.73 Å². The van der Waals surface area contributed by atoms with Crippen LogP contribution in [-0.2, 0) is 0 Å². The van der Waals surface area contributed by atoms with Crippen LogP contribution in [0, 0.1) is 16.0 Å². The Morgan fingerprint density at radius 1 is 1.54 bits per heavy atom. The van der Waals surface area contributed by atoms with Gasteiger partial charge in [-0.1, -0.05) is 25.2 Å². The van der Waals surface area contributed by atoms with E-state index in [2.05, 4.69) is 0 Å². The van der Waals surface area contributed by atoms with Gasteiger partial charge in [0, 0.05) is 17.0 Å². The lowest BCUT2D eigenvalue weighted by molar-refractivity contribution is -0.380. The molecule has 1 aromatic heterocycles. The first-order valence-corrected chi connectivity index (χ1v) is 4.83. The Morgan fingerprint density at radius 3 is 2.54 bits per heavy atom. The summed E-state index contributed by atoms with van der Waals surface area (Å²) in [5.41, 5.74) is 5.84. The highest BCUT2D eigenvalue weighted by molar-refractivity contribution is 7.15. The summed E-state index contributed by atoms with van der Waals surface area (Å²) >= 11 is 1.15. The number of nitrogens with zero attached hydrogens (tertiary/aromatic N) is 1. The molecule has 13 heavy (non-hydrogen) atoms. The van der Waals surface area contributed by atoms with Gasteiger partial charge in [0.05, 0.1) is 4.92 Å². The predicted molar refractivity (Wildman–Crippen MR) is 52.7 cm³/mol. The molecule has 0 saturated carbocycles. The molecule has 1 rings (SSSR count). The molecule has 1 heterocycles. The summed E-state index contributed by atoms with van der Waals surface area (Å²) in [7, 11) is 0. The van der Waals surface area contributed by atoms with Crippen molar-refractivity contribution in [2.24, 2.45) is 11.7 Å². The zero-order valence-electron chi connectivity index (χ0n) is 7.56. The second-order valence-electron chi connectivity index (χ2n) is 3.20. The fourth-order valence-corrected chi connectivity index (χ4v) is 1.94. The van der Waals surface area contributed by atoms with E-state index in [1.54, 1.807) is 6.07 Å². The van der Waals surface area contributed by atoms with E-state index in [0.29, 0.717) is 5.92 Å². The summed E-state index contributed by atoms with van der Waals surface area (Å²) in [6.07, 6.45) is 0. The molecule has 1 aromatic rings. The number of hydrogen-bond acceptors (Lipinski definition) is 4. The van der Waals surface area contributed by atoms with Crippen molar-refractivity contribution < 1.29 is 4.92 Å². The van der Waals surface area contributed by atoms with Crippen LogP contribution < -0.4 is 5.73 Å². The van der Waals surface area contributed by atoms with E-state index in [0.717, 1.165) is 16.2 Å². The molecule has 1 unspecified atom stereocenters. The van der Waals surface area contributed by atoms with Gasteiger partial charge in [-0.3, -0.25) is 10.1 Å². The molecule has 0 spiro atoms. The molecule has 0 fully saturated rings. The maximum atomic E-state index is 10.4. The number of nitrogens with two attached hydrogens (primary N) is 1. The molecule has 0 aromatic carbocycles. The monoisotopic (exact) mass is 200 g/mol. The molecule has 0 bridgehead atoms. The fourth-order valence-electron chi connectivity index (χ4n) is 0.948. The first-order valence-electron chi connectivity index (χ1n) is 4.02. The topological polar surface area (TPSA) is 69.2 Å². The zero-order chi connectivity index (χ0) is 10.0. The molecule has 0 saturated heterocycles. The Labute approximate surface area is 80.5 Å². The smallest absolute Gasteiger partial charge is 0.323 e. The van der Waals surface area contributed by atoms with Crippen molar-refractivity contribution in [3.63, 3.8) is 0 Å². The molecule has 1 atom stereocenters. The number of rotatable bonds is 3. The Morgan fingerprint density at radius 2 is 2.15 bits per heavy atom. The summed E-state index contributed by atoms with van der Waals surface area (Å²) in [5, 5.41) is 10.5. The maximum Gasteiger partial charge on any atom is 0.324 e. The Hall–Kier alpha value is -0.940. The average molecular weight is 200 g/mol. The molecule has 4 nitrogen and oxygen atoms in total. The third-order valence-electron chi connectivity index (χ3n) is 1.84. The van der Waals surface area contributed by atoms with Crippen molar-refractivity contribution in [3.8, 4) is 0 Å². The SMILES string of the molecule is CC(C)C(N)c1ccc([N+](=O)[O-])s1. The number of nitro groups is 1. The third-order valence-corrected chi connectivity index (χ3v) is 2.98. The van der Waals surface area contributed by atoms with Crippen molar-refractivity contribution >= 4 is 16.3 Å². The van der Waals surface area contributed by atoms with Gasteiger partial charge in [0.25, 0.3) is 0 Å². The van der Waals surface area contributed by atoms with Crippen LogP contribution in [0.1, 0.15) is 24.8 Å². The minimum atomic E-state index is -0.388. The van der Waals surface area contributed by atoms with Gasteiger partial charge in [0.1, 0.15) is 0 Å². The van der Waals surface area contributed by atoms with Gasteiger partial charge in [0.2, 0.25) is 0 Å². The lowest BCUT2D eigenvalue weighted by atomic mass is 10.0. The highest BCUT2D eigenvalue weighted by Crippen LogP contribution is 2.30. The molecule has 0 aliphatic heterocycles. The molecule has 0 radical (unpaired) electrons. The predicted octanol–water partition coefficient (Wildman–Crippen LogP) is 2.31. The van der Waals surface area contributed by atoms with Crippen LogP contribution in [0.4, 0.5) is 5.00 Å². The van der Waals surface area contributed by atoms with Gasteiger partial charge >= 0.3 is 5.00 Å². The van der Waals surface area contributed by atoms with Crippen LogP contribution >= 0.6 is 11.3 Å². The van der Waals surface area contributed by atoms with E-state index < -0.39 is 0 Å². The van der Waals surface area contributed by atoms with Gasteiger partial charge in [-0.2, -0.15) is 0 Å². The molecule has 72 valence electrons. The highest BCUT2D eigenvalue weighted by Gasteiger charge is 2.16. The second kappa shape index (κ2) is 3.85. The number of hydrogen-bond donors (Lipinski definition) is 1. The molecule has 0 aliphatic rings. The van der Waals surface area contributed by atoms with E-state index in [-0.39, 0.29) is 16.0 Å². The molecule has 0 aliphatic carbocycles. The first kappa shape index (κ1) is 10.1. The summed E-state index contributed by atoms with van der Waals surface area (Å²) in [6, 6.07) is 3.13. The van der Waals surface area contributed by atoms with Crippen LogP contribution in [-0.4, -0.2) is 4.92 Å². The molecular weight excluding hydrogens is 188 g/mol. The van der Waals surface area contributed by atoms with Crippen molar-refractivity contribution in [2.75, 3.05) is 0 Å². The second-order valence-corrected chi connectivity index (χ2v) is 4.30. The van der Waals surface area contributed by atoms with Crippen LogP contribution in [0.25, 0.3) is 0 Å². The lowest BCUT2D eigenvalue weighted by Gasteiger charge is -2.12.